The molecular formula is C18H18Cl2N2O4S. The van der Waals surface area contributed by atoms with E-state index in [0.717, 1.165) is 19.3 Å². The number of phenolic OH excluding ortho intramolecular Hbond substituents is 1. The van der Waals surface area contributed by atoms with Gasteiger partial charge in [0, 0.05) is 24.8 Å². The fourth-order valence-corrected chi connectivity index (χ4v) is 5.28. The molecule has 2 aromatic rings. The average Bonchev–Trinajstić information content (AvgIpc) is 2.62. The van der Waals surface area contributed by atoms with Crippen LogP contribution in [0, 0.1) is 0 Å². The predicted octanol–water partition coefficient (Wildman–Crippen LogP) is 4.13. The summed E-state index contributed by atoms with van der Waals surface area (Å²) in [5, 5.41) is 12.1. The summed E-state index contributed by atoms with van der Waals surface area (Å²) in [5.74, 6) is -0.610. The number of nitrogens with zero attached hydrogens (tertiary/aromatic N) is 1. The van der Waals surface area contributed by atoms with Crippen LogP contribution in [0.4, 0.5) is 5.69 Å². The standard InChI is InChI=1S/C18H18Cl2N2O4S/c19-15-11-16(20)17(27(25,26)22-7-2-1-3-8-22)10-14(15)18(24)21-12-5-4-6-13(23)9-12/h4-6,9-11,23H,1-3,7-8H2,(H,21,24). The lowest BCUT2D eigenvalue weighted by Crippen LogP contribution is -2.35. The summed E-state index contributed by atoms with van der Waals surface area (Å²) in [6.45, 7) is 0.845. The van der Waals surface area contributed by atoms with Gasteiger partial charge in [0.2, 0.25) is 10.0 Å². The lowest BCUT2D eigenvalue weighted by Gasteiger charge is -2.26. The molecule has 0 unspecified atom stereocenters. The van der Waals surface area contributed by atoms with Gasteiger partial charge in [-0.2, -0.15) is 4.31 Å². The highest BCUT2D eigenvalue weighted by molar-refractivity contribution is 7.89. The van der Waals surface area contributed by atoms with E-state index in [4.69, 9.17) is 23.2 Å². The topological polar surface area (TPSA) is 86.7 Å². The average molecular weight is 429 g/mol. The molecule has 6 nitrogen and oxygen atoms in total. The molecule has 1 aliphatic heterocycles. The van der Waals surface area contributed by atoms with Crippen molar-refractivity contribution in [2.75, 3.05) is 18.4 Å². The molecule has 2 aromatic carbocycles. The van der Waals surface area contributed by atoms with E-state index in [2.05, 4.69) is 5.32 Å². The number of piperidine rings is 1. The van der Waals surface area contributed by atoms with Crippen molar-refractivity contribution in [2.45, 2.75) is 24.2 Å². The van der Waals surface area contributed by atoms with Gasteiger partial charge in [-0.05, 0) is 37.1 Å². The number of hydrogen-bond acceptors (Lipinski definition) is 4. The number of carbonyl (C=O) groups excluding carboxylic acids is 1. The van der Waals surface area contributed by atoms with Crippen LogP contribution in [0.15, 0.2) is 41.3 Å². The fourth-order valence-electron chi connectivity index (χ4n) is 2.93. The second kappa shape index (κ2) is 8.06. The van der Waals surface area contributed by atoms with Crippen molar-refractivity contribution in [3.05, 3.63) is 52.0 Å². The van der Waals surface area contributed by atoms with Crippen LogP contribution < -0.4 is 5.32 Å². The summed E-state index contributed by atoms with van der Waals surface area (Å²) in [6.07, 6.45) is 2.56. The van der Waals surface area contributed by atoms with Crippen LogP contribution in [0.2, 0.25) is 10.0 Å². The Labute approximate surface area is 167 Å². The van der Waals surface area contributed by atoms with Crippen molar-refractivity contribution in [3.8, 4) is 5.75 Å². The van der Waals surface area contributed by atoms with Crippen LogP contribution in [0.5, 0.6) is 5.75 Å². The summed E-state index contributed by atoms with van der Waals surface area (Å²) >= 11 is 12.3. The van der Waals surface area contributed by atoms with Gasteiger partial charge in [0.25, 0.3) is 5.91 Å². The Bertz CT molecular complexity index is 973. The Hall–Kier alpha value is -1.80. The minimum Gasteiger partial charge on any atom is -0.508 e. The molecule has 0 radical (unpaired) electrons. The number of carbonyl (C=O) groups is 1. The molecule has 0 bridgehead atoms. The van der Waals surface area contributed by atoms with E-state index in [9.17, 15) is 18.3 Å². The molecule has 0 spiro atoms. The SMILES string of the molecule is O=C(Nc1cccc(O)c1)c1cc(S(=O)(=O)N2CCCCC2)c(Cl)cc1Cl. The normalized spacial score (nSPS) is 15.5. The number of amides is 1. The van der Waals surface area contributed by atoms with E-state index >= 15 is 0 Å². The van der Waals surface area contributed by atoms with Crippen molar-refractivity contribution in [1.29, 1.82) is 0 Å². The first-order valence-corrected chi connectivity index (χ1v) is 10.6. The van der Waals surface area contributed by atoms with E-state index in [0.29, 0.717) is 18.8 Å². The third-order valence-electron chi connectivity index (χ3n) is 4.30. The molecule has 1 aliphatic rings. The second-order valence-electron chi connectivity index (χ2n) is 6.23. The lowest BCUT2D eigenvalue weighted by atomic mass is 10.2. The van der Waals surface area contributed by atoms with Gasteiger partial charge in [0.15, 0.2) is 0 Å². The molecule has 144 valence electrons. The van der Waals surface area contributed by atoms with Crippen molar-refractivity contribution >= 4 is 44.8 Å². The quantitative estimate of drug-likeness (QED) is 0.766. The van der Waals surface area contributed by atoms with Gasteiger partial charge in [0.05, 0.1) is 15.6 Å². The van der Waals surface area contributed by atoms with Gasteiger partial charge in [-0.25, -0.2) is 8.42 Å². The highest BCUT2D eigenvalue weighted by Crippen LogP contribution is 2.32. The van der Waals surface area contributed by atoms with Gasteiger partial charge < -0.3 is 10.4 Å². The largest absolute Gasteiger partial charge is 0.508 e. The third-order valence-corrected chi connectivity index (χ3v) is 6.98. The maximum absolute atomic E-state index is 12.9. The van der Waals surface area contributed by atoms with E-state index in [1.165, 1.54) is 28.6 Å². The maximum Gasteiger partial charge on any atom is 0.257 e. The molecule has 1 heterocycles. The minimum absolute atomic E-state index is 0.0108. The van der Waals surface area contributed by atoms with Crippen molar-refractivity contribution in [2.24, 2.45) is 0 Å². The van der Waals surface area contributed by atoms with Gasteiger partial charge in [-0.15, -0.1) is 0 Å². The molecule has 3 rings (SSSR count). The Kier molecular flexibility index (Phi) is 5.95. The van der Waals surface area contributed by atoms with Gasteiger partial charge >= 0.3 is 0 Å². The molecule has 9 heteroatoms. The highest BCUT2D eigenvalue weighted by Gasteiger charge is 2.29. The van der Waals surface area contributed by atoms with Crippen LogP contribution in [0.1, 0.15) is 29.6 Å². The molecule has 1 amide bonds. The number of hydrogen-bond donors (Lipinski definition) is 2. The number of aromatic hydroxyl groups is 1. The van der Waals surface area contributed by atoms with Crippen LogP contribution >= 0.6 is 23.2 Å². The molecule has 2 N–H and O–H groups in total. The first-order valence-electron chi connectivity index (χ1n) is 8.38. The molecule has 0 aliphatic carbocycles. The van der Waals surface area contributed by atoms with Crippen LogP contribution in [0.25, 0.3) is 0 Å². The van der Waals surface area contributed by atoms with Crippen molar-refractivity contribution in [1.82, 2.24) is 4.31 Å². The number of sulfonamides is 1. The van der Waals surface area contributed by atoms with Crippen LogP contribution in [-0.4, -0.2) is 36.8 Å². The Morgan fingerprint density at radius 1 is 1.04 bits per heavy atom. The zero-order valence-corrected chi connectivity index (χ0v) is 16.6. The van der Waals surface area contributed by atoms with E-state index in [1.54, 1.807) is 12.1 Å². The Balaban J connectivity index is 1.95. The van der Waals surface area contributed by atoms with Gasteiger partial charge in [-0.3, -0.25) is 4.79 Å². The van der Waals surface area contributed by atoms with Crippen molar-refractivity contribution < 1.29 is 18.3 Å². The number of anilines is 1. The number of phenols is 1. The minimum atomic E-state index is -3.82. The summed E-state index contributed by atoms with van der Waals surface area (Å²) in [6, 6.07) is 8.46. The van der Waals surface area contributed by atoms with Gasteiger partial charge in [0.1, 0.15) is 10.6 Å². The monoisotopic (exact) mass is 428 g/mol. The maximum atomic E-state index is 12.9. The molecule has 0 atom stereocenters. The van der Waals surface area contributed by atoms with Crippen LogP contribution in [-0.2, 0) is 10.0 Å². The first-order chi connectivity index (χ1) is 12.8. The summed E-state index contributed by atoms with van der Waals surface area (Å²) < 4.78 is 27.2. The zero-order valence-electron chi connectivity index (χ0n) is 14.3. The van der Waals surface area contributed by atoms with E-state index in [-0.39, 0.29) is 26.3 Å². The number of halogens is 2. The van der Waals surface area contributed by atoms with Crippen LogP contribution in [0.3, 0.4) is 0 Å². The van der Waals surface area contributed by atoms with Gasteiger partial charge in [-0.1, -0.05) is 35.7 Å². The smallest absolute Gasteiger partial charge is 0.257 e. The Morgan fingerprint density at radius 2 is 1.74 bits per heavy atom. The number of nitrogens with one attached hydrogen (secondary N) is 1. The number of rotatable bonds is 4. The molecule has 1 saturated heterocycles. The summed E-state index contributed by atoms with van der Waals surface area (Å²) in [4.78, 5) is 12.4. The van der Waals surface area contributed by atoms with E-state index < -0.39 is 15.9 Å². The molecular weight excluding hydrogens is 411 g/mol. The first kappa shape index (κ1) is 19.9. The molecule has 27 heavy (non-hydrogen) atoms. The summed E-state index contributed by atoms with van der Waals surface area (Å²) in [5.41, 5.74) is 0.339. The zero-order chi connectivity index (χ0) is 19.6. The predicted molar refractivity (Wildman–Crippen MR) is 105 cm³/mol. The molecule has 0 aromatic heterocycles. The third kappa shape index (κ3) is 4.38. The lowest BCUT2D eigenvalue weighted by molar-refractivity contribution is 0.102. The fraction of sp³-hybridized carbons (Fsp3) is 0.278. The second-order valence-corrected chi connectivity index (χ2v) is 8.95. The molecule has 0 saturated carbocycles. The van der Waals surface area contributed by atoms with Crippen molar-refractivity contribution in [3.63, 3.8) is 0 Å². The number of benzene rings is 2. The molecule has 1 fully saturated rings. The highest BCUT2D eigenvalue weighted by atomic mass is 35.5. The van der Waals surface area contributed by atoms with E-state index in [1.807, 2.05) is 0 Å². The summed E-state index contributed by atoms with van der Waals surface area (Å²) in [7, 11) is -3.82. The Morgan fingerprint density at radius 3 is 2.41 bits per heavy atom.